The number of fused-ring (bicyclic) bond motifs is 4. The molecule has 4 amide bonds. The number of allylic oxidation sites excluding steroid dienone is 2. The van der Waals surface area contributed by atoms with Crippen molar-refractivity contribution in [3.05, 3.63) is 156 Å². The lowest BCUT2D eigenvalue weighted by Gasteiger charge is -2.50. The number of carbonyl (C=O) groups excluding carboxylic acids is 4. The first kappa shape index (κ1) is 36.7. The van der Waals surface area contributed by atoms with Crippen molar-refractivity contribution in [1.82, 2.24) is 5.01 Å². The minimum Gasteiger partial charge on any atom is -0.508 e. The third-order valence-corrected chi connectivity index (χ3v) is 12.4. The summed E-state index contributed by atoms with van der Waals surface area (Å²) in [6, 6.07) is 38.1. The molecule has 3 fully saturated rings. The highest BCUT2D eigenvalue weighted by molar-refractivity contribution is 6.22. The van der Waals surface area contributed by atoms with Crippen LogP contribution < -0.4 is 15.2 Å². The van der Waals surface area contributed by atoms with E-state index in [-0.39, 0.29) is 30.4 Å². The summed E-state index contributed by atoms with van der Waals surface area (Å²) in [5.74, 6) is -5.00. The molecule has 2 heterocycles. The number of rotatable bonds is 8. The predicted molar refractivity (Wildman–Crippen MR) is 221 cm³/mol. The van der Waals surface area contributed by atoms with Crippen molar-refractivity contribution in [1.29, 1.82) is 0 Å². The molecule has 1 saturated carbocycles. The highest BCUT2D eigenvalue weighted by Gasteiger charge is 2.70. The molecule has 6 unspecified atom stereocenters. The van der Waals surface area contributed by atoms with Crippen LogP contribution in [0.4, 0.5) is 28.4 Å². The molecule has 5 aromatic carbocycles. The van der Waals surface area contributed by atoms with Gasteiger partial charge in [-0.25, -0.2) is 0 Å². The number of phenols is 1. The molecule has 0 aromatic heterocycles. The largest absolute Gasteiger partial charge is 0.508 e. The van der Waals surface area contributed by atoms with E-state index >= 15 is 4.79 Å². The fourth-order valence-corrected chi connectivity index (χ4v) is 9.68. The van der Waals surface area contributed by atoms with Gasteiger partial charge in [0.05, 0.1) is 45.9 Å². The van der Waals surface area contributed by atoms with Crippen LogP contribution in [0.1, 0.15) is 35.4 Å². The van der Waals surface area contributed by atoms with E-state index in [9.17, 15) is 19.5 Å². The number of nitrogens with one attached hydrogen (secondary N) is 1. The number of azo groups is 1. The van der Waals surface area contributed by atoms with Gasteiger partial charge < -0.3 is 10.0 Å². The Hall–Kier alpha value is -6.88. The Bertz CT molecular complexity index is 2500. The number of phenolic OH excluding ortho intramolecular Hbond substituents is 1. The molecular formula is C47H42N6O5. The number of hydrazine groups is 1. The summed E-state index contributed by atoms with van der Waals surface area (Å²) in [6.07, 6.45) is 2.48. The van der Waals surface area contributed by atoms with Gasteiger partial charge >= 0.3 is 0 Å². The molecule has 0 spiro atoms. The number of aromatic hydroxyl groups is 1. The summed E-state index contributed by atoms with van der Waals surface area (Å²) in [6.45, 7) is 1.96. The third-order valence-electron chi connectivity index (χ3n) is 12.4. The molecule has 9 rings (SSSR count). The summed E-state index contributed by atoms with van der Waals surface area (Å²) < 4.78 is 0. The monoisotopic (exact) mass is 770 g/mol. The van der Waals surface area contributed by atoms with E-state index in [1.165, 1.54) is 4.90 Å². The van der Waals surface area contributed by atoms with Crippen molar-refractivity contribution >= 4 is 52.1 Å². The quantitative estimate of drug-likeness (QED) is 0.0920. The Kier molecular flexibility index (Phi) is 9.03. The lowest BCUT2D eigenvalue weighted by molar-refractivity contribution is -0.138. The molecule has 11 heteroatoms. The molecule has 11 nitrogen and oxygen atoms in total. The van der Waals surface area contributed by atoms with Gasteiger partial charge in [-0.2, -0.15) is 15.2 Å². The van der Waals surface area contributed by atoms with Crippen molar-refractivity contribution in [3.8, 4) is 5.75 Å². The normalized spacial score (nSPS) is 25.1. The first-order chi connectivity index (χ1) is 28.1. The fourth-order valence-electron chi connectivity index (χ4n) is 9.68. The molecule has 2 saturated heterocycles. The van der Waals surface area contributed by atoms with Crippen LogP contribution in [0.2, 0.25) is 0 Å². The summed E-state index contributed by atoms with van der Waals surface area (Å²) in [7, 11) is 3.93. The molecule has 0 bridgehead atoms. The number of carbonyl (C=O) groups is 4. The van der Waals surface area contributed by atoms with Crippen molar-refractivity contribution in [2.24, 2.45) is 33.9 Å². The lowest BCUT2D eigenvalue weighted by Crippen LogP contribution is -2.53. The SMILES string of the molecule is Cc1ccc(NN2C(=O)C3CC4C(=CCC5C(=O)N(c6ccc(N=Nc7ccc(N(C)C)cc7)cc6)C(=O)C54)C(c4cccc(O)c4)C3(c3ccccc3)C2=O)cc1. The number of amides is 4. The molecular weight excluding hydrogens is 729 g/mol. The lowest BCUT2D eigenvalue weighted by atomic mass is 9.49. The summed E-state index contributed by atoms with van der Waals surface area (Å²) >= 11 is 0. The van der Waals surface area contributed by atoms with Crippen LogP contribution in [0, 0.1) is 30.6 Å². The van der Waals surface area contributed by atoms with Crippen molar-refractivity contribution in [3.63, 3.8) is 0 Å². The molecule has 2 aliphatic heterocycles. The maximum absolute atomic E-state index is 15.3. The number of imide groups is 2. The van der Waals surface area contributed by atoms with E-state index < -0.39 is 46.8 Å². The standard InChI is InChI=1S/C47H42N6O5/c1-28-12-14-33(15-13-28)50-53-44(56)40-27-39-37(42(29-8-7-11-36(54)26-29)47(40,46(53)58)30-9-5-4-6-10-30)24-25-38-41(39)45(57)52(43(38)55)35-22-18-32(19-23-35)49-48-31-16-20-34(21-17-31)51(2)3/h4-24,26,38-42,50,54H,25,27H2,1-3H3. The Balaban J connectivity index is 1.09. The number of aryl methyl sites for hydroxylation is 1. The van der Waals surface area contributed by atoms with Crippen molar-refractivity contribution < 1.29 is 24.3 Å². The molecule has 290 valence electrons. The van der Waals surface area contributed by atoms with Crippen LogP contribution in [-0.4, -0.2) is 47.8 Å². The van der Waals surface area contributed by atoms with Gasteiger partial charge in [-0.05, 0) is 110 Å². The van der Waals surface area contributed by atoms with Gasteiger partial charge in [-0.1, -0.05) is 71.8 Å². The zero-order chi connectivity index (χ0) is 40.3. The van der Waals surface area contributed by atoms with Crippen LogP contribution >= 0.6 is 0 Å². The zero-order valence-corrected chi connectivity index (χ0v) is 32.3. The number of hydrogen-bond acceptors (Lipinski definition) is 9. The maximum Gasteiger partial charge on any atom is 0.260 e. The third kappa shape index (κ3) is 5.88. The molecule has 6 atom stereocenters. The van der Waals surface area contributed by atoms with Crippen LogP contribution in [0.5, 0.6) is 5.75 Å². The Morgan fingerprint density at radius 2 is 1.41 bits per heavy atom. The zero-order valence-electron chi connectivity index (χ0n) is 32.3. The summed E-state index contributed by atoms with van der Waals surface area (Å²) in [5.41, 5.74) is 8.19. The summed E-state index contributed by atoms with van der Waals surface area (Å²) in [4.78, 5) is 62.4. The minimum atomic E-state index is -1.41. The first-order valence-corrected chi connectivity index (χ1v) is 19.5. The Labute approximate surface area is 336 Å². The number of hydrogen-bond donors (Lipinski definition) is 2. The summed E-state index contributed by atoms with van der Waals surface area (Å²) in [5, 5.41) is 20.7. The van der Waals surface area contributed by atoms with E-state index in [1.54, 1.807) is 42.5 Å². The second-order valence-corrected chi connectivity index (χ2v) is 15.8. The highest BCUT2D eigenvalue weighted by atomic mass is 16.3. The van der Waals surface area contributed by atoms with Crippen molar-refractivity contribution in [2.45, 2.75) is 31.1 Å². The minimum absolute atomic E-state index is 0.0172. The molecule has 2 N–H and O–H groups in total. The van der Waals surface area contributed by atoms with E-state index in [0.29, 0.717) is 33.9 Å². The van der Waals surface area contributed by atoms with Gasteiger partial charge in [-0.3, -0.25) is 29.5 Å². The molecule has 2 aliphatic carbocycles. The van der Waals surface area contributed by atoms with Gasteiger partial charge in [0.15, 0.2) is 0 Å². The van der Waals surface area contributed by atoms with Crippen LogP contribution in [0.15, 0.2) is 149 Å². The highest BCUT2D eigenvalue weighted by Crippen LogP contribution is 2.64. The average molecular weight is 771 g/mol. The number of nitrogens with zero attached hydrogens (tertiary/aromatic N) is 5. The van der Waals surface area contributed by atoms with Gasteiger partial charge in [0.25, 0.3) is 11.8 Å². The number of anilines is 3. The van der Waals surface area contributed by atoms with Crippen LogP contribution in [0.25, 0.3) is 0 Å². The van der Waals surface area contributed by atoms with Crippen molar-refractivity contribution in [2.75, 3.05) is 29.3 Å². The smallest absolute Gasteiger partial charge is 0.260 e. The Morgan fingerprint density at radius 1 is 0.741 bits per heavy atom. The topological polar surface area (TPSA) is 135 Å². The molecule has 58 heavy (non-hydrogen) atoms. The first-order valence-electron chi connectivity index (χ1n) is 19.5. The second kappa shape index (κ2) is 14.3. The van der Waals surface area contributed by atoms with E-state index in [4.69, 9.17) is 0 Å². The predicted octanol–water partition coefficient (Wildman–Crippen LogP) is 8.37. The van der Waals surface area contributed by atoms with Gasteiger partial charge in [0, 0.05) is 25.7 Å². The van der Waals surface area contributed by atoms with E-state index in [2.05, 4.69) is 15.7 Å². The van der Waals surface area contributed by atoms with Gasteiger partial charge in [0.1, 0.15) is 5.75 Å². The average Bonchev–Trinajstić information content (AvgIpc) is 3.62. The van der Waals surface area contributed by atoms with Crippen LogP contribution in [0.3, 0.4) is 0 Å². The Morgan fingerprint density at radius 3 is 2.07 bits per heavy atom. The van der Waals surface area contributed by atoms with Gasteiger partial charge in [-0.15, -0.1) is 0 Å². The van der Waals surface area contributed by atoms with E-state index in [1.807, 2.05) is 117 Å². The molecule has 5 aromatic rings. The van der Waals surface area contributed by atoms with E-state index in [0.717, 1.165) is 21.8 Å². The van der Waals surface area contributed by atoms with Crippen LogP contribution in [-0.2, 0) is 24.6 Å². The second-order valence-electron chi connectivity index (χ2n) is 15.8. The molecule has 0 radical (unpaired) electrons. The number of benzene rings is 5. The van der Waals surface area contributed by atoms with Gasteiger partial charge in [0.2, 0.25) is 11.8 Å². The molecule has 4 aliphatic rings. The maximum atomic E-state index is 15.3. The fraction of sp³-hybridized carbons (Fsp3) is 0.234.